The molecule has 0 aliphatic carbocycles. The largest absolute Gasteiger partial charge is 0.369 e. The topological polar surface area (TPSA) is 98.7 Å². The van der Waals surface area contributed by atoms with Gasteiger partial charge in [0.25, 0.3) is 5.56 Å². The number of para-hydroxylation sites is 1. The molecule has 2 heterocycles. The lowest BCUT2D eigenvalue weighted by Gasteiger charge is -2.15. The van der Waals surface area contributed by atoms with Crippen LogP contribution in [-0.4, -0.2) is 26.1 Å². The molecule has 0 aliphatic heterocycles. The van der Waals surface area contributed by atoms with Crippen molar-refractivity contribution in [1.29, 1.82) is 0 Å². The Bertz CT molecular complexity index is 1340. The average Bonchev–Trinajstić information content (AvgIpc) is 2.77. The molecule has 4 aromatic rings. The zero-order valence-electron chi connectivity index (χ0n) is 18.3. The maximum atomic E-state index is 13.4. The number of nitrogens with two attached hydrogens (primary N) is 1. The van der Waals surface area contributed by atoms with Crippen molar-refractivity contribution in [1.82, 2.24) is 19.5 Å². The second-order valence-electron chi connectivity index (χ2n) is 7.64. The number of aromatic nitrogens is 4. The van der Waals surface area contributed by atoms with Crippen molar-refractivity contribution < 1.29 is 0 Å². The molecule has 0 bridgehead atoms. The van der Waals surface area contributed by atoms with E-state index < -0.39 is 0 Å². The predicted octanol–water partition coefficient (Wildman–Crippen LogP) is 4.06. The van der Waals surface area contributed by atoms with Gasteiger partial charge in [0.05, 0.1) is 22.3 Å². The average molecular weight is 427 g/mol. The lowest BCUT2D eigenvalue weighted by atomic mass is 10.1. The third-order valence-electron chi connectivity index (χ3n) is 5.42. The molecule has 0 unspecified atom stereocenters. The first-order chi connectivity index (χ1) is 15.5. The SMILES string of the molecule is C=Cc1c(C)nc(N)nc1NCCCc1nc2cccc(C)c2c(=O)n1-c1ccccc1. The second-order valence-corrected chi connectivity index (χ2v) is 7.64. The monoisotopic (exact) mass is 426 g/mol. The predicted molar refractivity (Wildman–Crippen MR) is 130 cm³/mol. The molecule has 0 saturated heterocycles. The van der Waals surface area contributed by atoms with E-state index in [-0.39, 0.29) is 11.5 Å². The van der Waals surface area contributed by atoms with E-state index in [4.69, 9.17) is 10.7 Å². The van der Waals surface area contributed by atoms with Gasteiger partial charge in [0.2, 0.25) is 5.95 Å². The van der Waals surface area contributed by atoms with E-state index in [0.29, 0.717) is 24.2 Å². The summed E-state index contributed by atoms with van der Waals surface area (Å²) in [5.41, 5.74) is 9.82. The Balaban J connectivity index is 1.64. The zero-order valence-corrected chi connectivity index (χ0v) is 18.3. The molecule has 3 N–H and O–H groups in total. The summed E-state index contributed by atoms with van der Waals surface area (Å²) < 4.78 is 1.72. The highest BCUT2D eigenvalue weighted by Gasteiger charge is 2.14. The van der Waals surface area contributed by atoms with Gasteiger partial charge < -0.3 is 11.1 Å². The summed E-state index contributed by atoms with van der Waals surface area (Å²) >= 11 is 0. The maximum absolute atomic E-state index is 13.4. The first-order valence-electron chi connectivity index (χ1n) is 10.6. The first kappa shape index (κ1) is 21.2. The summed E-state index contributed by atoms with van der Waals surface area (Å²) in [6.45, 7) is 8.29. The highest BCUT2D eigenvalue weighted by molar-refractivity contribution is 5.81. The molecule has 2 aromatic carbocycles. The number of anilines is 2. The van der Waals surface area contributed by atoms with Gasteiger partial charge in [-0.05, 0) is 44.0 Å². The Morgan fingerprint density at radius 1 is 1.06 bits per heavy atom. The van der Waals surface area contributed by atoms with E-state index in [9.17, 15) is 4.79 Å². The third-order valence-corrected chi connectivity index (χ3v) is 5.42. The van der Waals surface area contributed by atoms with Crippen LogP contribution in [0.5, 0.6) is 0 Å². The number of hydrogen-bond donors (Lipinski definition) is 2. The molecule has 32 heavy (non-hydrogen) atoms. The van der Waals surface area contributed by atoms with E-state index in [1.54, 1.807) is 10.6 Å². The highest BCUT2D eigenvalue weighted by atomic mass is 16.1. The standard InChI is InChI=1S/C25H26N6O/c1-4-19-17(3)28-25(26)30-23(19)27-15-9-14-21-29-20-13-8-10-16(2)22(20)24(32)31(21)18-11-6-5-7-12-18/h4-8,10-13H,1,9,14-15H2,2-3H3,(H3,26,27,28,30). The Hall–Kier alpha value is -4.00. The smallest absolute Gasteiger partial charge is 0.266 e. The summed E-state index contributed by atoms with van der Waals surface area (Å²) in [5.74, 6) is 1.61. The molecule has 7 heteroatoms. The van der Waals surface area contributed by atoms with Crippen LogP contribution in [0.2, 0.25) is 0 Å². The summed E-state index contributed by atoms with van der Waals surface area (Å²) in [5, 5.41) is 3.97. The summed E-state index contributed by atoms with van der Waals surface area (Å²) in [6, 6.07) is 15.4. The summed E-state index contributed by atoms with van der Waals surface area (Å²) in [4.78, 5) is 26.8. The highest BCUT2D eigenvalue weighted by Crippen LogP contribution is 2.19. The Morgan fingerprint density at radius 3 is 2.59 bits per heavy atom. The molecule has 0 spiro atoms. The van der Waals surface area contributed by atoms with Gasteiger partial charge in [-0.2, -0.15) is 4.98 Å². The van der Waals surface area contributed by atoms with E-state index in [1.165, 1.54) is 0 Å². The number of rotatable bonds is 7. The van der Waals surface area contributed by atoms with Crippen molar-refractivity contribution in [2.45, 2.75) is 26.7 Å². The van der Waals surface area contributed by atoms with Crippen LogP contribution in [-0.2, 0) is 6.42 Å². The minimum Gasteiger partial charge on any atom is -0.369 e. The number of nitrogens with one attached hydrogen (secondary N) is 1. The van der Waals surface area contributed by atoms with E-state index >= 15 is 0 Å². The fourth-order valence-corrected chi connectivity index (χ4v) is 3.89. The van der Waals surface area contributed by atoms with Crippen LogP contribution < -0.4 is 16.6 Å². The van der Waals surface area contributed by atoms with E-state index in [1.807, 2.05) is 62.4 Å². The molecule has 0 amide bonds. The molecule has 0 atom stereocenters. The normalized spacial score (nSPS) is 10.9. The molecule has 7 nitrogen and oxygen atoms in total. The van der Waals surface area contributed by atoms with Gasteiger partial charge in [-0.25, -0.2) is 9.97 Å². The number of hydrogen-bond acceptors (Lipinski definition) is 6. The van der Waals surface area contributed by atoms with Crippen LogP contribution in [0.1, 0.15) is 29.1 Å². The number of benzene rings is 2. The molecule has 162 valence electrons. The molecule has 0 radical (unpaired) electrons. The minimum absolute atomic E-state index is 0.0459. The first-order valence-corrected chi connectivity index (χ1v) is 10.6. The van der Waals surface area contributed by atoms with Crippen molar-refractivity contribution in [3.05, 3.63) is 88.1 Å². The van der Waals surface area contributed by atoms with Crippen molar-refractivity contribution in [3.63, 3.8) is 0 Å². The fourth-order valence-electron chi connectivity index (χ4n) is 3.89. The number of nitrogen functional groups attached to an aromatic ring is 1. The molecule has 4 rings (SSSR count). The number of fused-ring (bicyclic) bond motifs is 1. The zero-order chi connectivity index (χ0) is 22.7. The number of nitrogens with zero attached hydrogens (tertiary/aromatic N) is 4. The van der Waals surface area contributed by atoms with Crippen molar-refractivity contribution in [2.24, 2.45) is 0 Å². The second kappa shape index (κ2) is 9.01. The van der Waals surface area contributed by atoms with Gasteiger partial charge in [-0.15, -0.1) is 0 Å². The van der Waals surface area contributed by atoms with Crippen LogP contribution in [0, 0.1) is 13.8 Å². The van der Waals surface area contributed by atoms with Crippen molar-refractivity contribution in [3.8, 4) is 5.69 Å². The molecular formula is C25H26N6O. The van der Waals surface area contributed by atoms with Crippen LogP contribution in [0.3, 0.4) is 0 Å². The van der Waals surface area contributed by atoms with Crippen LogP contribution >= 0.6 is 0 Å². The molecule has 2 aromatic heterocycles. The fraction of sp³-hybridized carbons (Fsp3) is 0.200. The van der Waals surface area contributed by atoms with Crippen molar-refractivity contribution in [2.75, 3.05) is 17.6 Å². The quantitative estimate of drug-likeness (QED) is 0.432. The van der Waals surface area contributed by atoms with Gasteiger partial charge >= 0.3 is 0 Å². The summed E-state index contributed by atoms with van der Waals surface area (Å²) in [7, 11) is 0. The van der Waals surface area contributed by atoms with Gasteiger partial charge in [-0.1, -0.05) is 43.0 Å². The van der Waals surface area contributed by atoms with Crippen molar-refractivity contribution >= 4 is 28.7 Å². The lowest BCUT2D eigenvalue weighted by Crippen LogP contribution is -2.25. The van der Waals surface area contributed by atoms with E-state index in [2.05, 4.69) is 21.9 Å². The Kier molecular flexibility index (Phi) is 5.98. The van der Waals surface area contributed by atoms with Crippen LogP contribution in [0.25, 0.3) is 22.7 Å². The van der Waals surface area contributed by atoms with E-state index in [0.717, 1.165) is 40.3 Å². The van der Waals surface area contributed by atoms with Crippen LogP contribution in [0.15, 0.2) is 59.9 Å². The molecular weight excluding hydrogens is 400 g/mol. The third kappa shape index (κ3) is 4.09. The van der Waals surface area contributed by atoms with Gasteiger partial charge in [0, 0.05) is 18.5 Å². The van der Waals surface area contributed by atoms with Gasteiger partial charge in [0.15, 0.2) is 0 Å². The maximum Gasteiger partial charge on any atom is 0.266 e. The molecule has 0 fully saturated rings. The van der Waals surface area contributed by atoms with Crippen LogP contribution in [0.4, 0.5) is 11.8 Å². The van der Waals surface area contributed by atoms with Gasteiger partial charge in [-0.3, -0.25) is 9.36 Å². The Morgan fingerprint density at radius 2 is 1.84 bits per heavy atom. The molecule has 0 saturated carbocycles. The number of aryl methyl sites for hydroxylation is 3. The Labute approximate surface area is 186 Å². The lowest BCUT2D eigenvalue weighted by molar-refractivity contribution is 0.753. The minimum atomic E-state index is -0.0459. The van der Waals surface area contributed by atoms with Gasteiger partial charge in [0.1, 0.15) is 11.6 Å². The molecule has 0 aliphatic rings. The summed E-state index contributed by atoms with van der Waals surface area (Å²) in [6.07, 6.45) is 3.08.